The summed E-state index contributed by atoms with van der Waals surface area (Å²) >= 11 is 1.28. The number of nitro benzene ring substituents is 1. The van der Waals surface area contributed by atoms with Crippen LogP contribution in [-0.2, 0) is 0 Å². The number of amides is 1. The normalized spacial score (nSPS) is 11.9. The van der Waals surface area contributed by atoms with E-state index in [1.54, 1.807) is 24.4 Å². The number of hydrogen-bond acceptors (Lipinski definition) is 6. The van der Waals surface area contributed by atoms with Crippen molar-refractivity contribution >= 4 is 22.9 Å². The largest absolute Gasteiger partial charge is 0.392 e. The van der Waals surface area contributed by atoms with E-state index in [4.69, 9.17) is 5.11 Å². The maximum absolute atomic E-state index is 11.8. The molecule has 0 aliphatic heterocycles. The zero-order valence-electron chi connectivity index (χ0n) is 11.1. The summed E-state index contributed by atoms with van der Waals surface area (Å²) < 4.78 is 0. The summed E-state index contributed by atoms with van der Waals surface area (Å²) in [6.45, 7) is 1.73. The summed E-state index contributed by atoms with van der Waals surface area (Å²) in [6, 6.07) is 5.97. The SMILES string of the molecule is CC(O)CNC(=O)c1csc(-c2ccc([N+](=O)[O-])cc2)n1. The van der Waals surface area contributed by atoms with Crippen LogP contribution in [0.5, 0.6) is 0 Å². The van der Waals surface area contributed by atoms with Gasteiger partial charge in [0.05, 0.1) is 11.0 Å². The number of carbonyl (C=O) groups is 1. The van der Waals surface area contributed by atoms with Crippen LogP contribution in [0, 0.1) is 10.1 Å². The average molecular weight is 307 g/mol. The van der Waals surface area contributed by atoms with Crippen LogP contribution in [-0.4, -0.2) is 33.6 Å². The van der Waals surface area contributed by atoms with Gasteiger partial charge in [0.15, 0.2) is 0 Å². The summed E-state index contributed by atoms with van der Waals surface area (Å²) in [5.41, 5.74) is 0.972. The van der Waals surface area contributed by atoms with Gasteiger partial charge in [0.1, 0.15) is 10.7 Å². The number of nitrogens with zero attached hydrogens (tertiary/aromatic N) is 2. The molecule has 0 bridgehead atoms. The van der Waals surface area contributed by atoms with Gasteiger partial charge in [0, 0.05) is 29.6 Å². The van der Waals surface area contributed by atoms with E-state index < -0.39 is 11.0 Å². The number of thiazole rings is 1. The van der Waals surface area contributed by atoms with E-state index in [1.165, 1.54) is 23.5 Å². The van der Waals surface area contributed by atoms with E-state index >= 15 is 0 Å². The minimum Gasteiger partial charge on any atom is -0.392 e. The molecule has 1 unspecified atom stereocenters. The number of rotatable bonds is 5. The minimum absolute atomic E-state index is 0.00482. The van der Waals surface area contributed by atoms with Gasteiger partial charge >= 0.3 is 0 Å². The second-order valence-electron chi connectivity index (χ2n) is 4.40. The average Bonchev–Trinajstić information content (AvgIpc) is 2.94. The molecular weight excluding hydrogens is 294 g/mol. The number of non-ortho nitro benzene ring substituents is 1. The minimum atomic E-state index is -0.623. The molecule has 1 aromatic carbocycles. The fraction of sp³-hybridized carbons (Fsp3) is 0.231. The number of nitrogens with one attached hydrogen (secondary N) is 1. The highest BCUT2D eigenvalue weighted by Crippen LogP contribution is 2.25. The number of aliphatic hydroxyl groups is 1. The first-order valence-electron chi connectivity index (χ1n) is 6.14. The Hall–Kier alpha value is -2.32. The molecule has 0 fully saturated rings. The van der Waals surface area contributed by atoms with Crippen LogP contribution in [0.2, 0.25) is 0 Å². The first-order valence-corrected chi connectivity index (χ1v) is 7.02. The Labute approximate surface area is 124 Å². The summed E-state index contributed by atoms with van der Waals surface area (Å²) in [5.74, 6) is -0.361. The summed E-state index contributed by atoms with van der Waals surface area (Å²) in [7, 11) is 0. The Balaban J connectivity index is 2.12. The molecule has 110 valence electrons. The van der Waals surface area contributed by atoms with Gasteiger partial charge in [-0.15, -0.1) is 11.3 Å². The topological polar surface area (TPSA) is 105 Å². The van der Waals surface area contributed by atoms with Crippen LogP contribution >= 0.6 is 11.3 Å². The van der Waals surface area contributed by atoms with Crippen molar-refractivity contribution in [2.24, 2.45) is 0 Å². The number of aliphatic hydroxyl groups excluding tert-OH is 1. The molecule has 0 spiro atoms. The molecule has 0 aliphatic carbocycles. The fourth-order valence-corrected chi connectivity index (χ4v) is 2.37. The number of benzene rings is 1. The van der Waals surface area contributed by atoms with Crippen LogP contribution in [0.25, 0.3) is 10.6 Å². The summed E-state index contributed by atoms with van der Waals surface area (Å²) in [4.78, 5) is 26.1. The highest BCUT2D eigenvalue weighted by atomic mass is 32.1. The lowest BCUT2D eigenvalue weighted by Crippen LogP contribution is -2.30. The molecule has 8 heteroatoms. The molecule has 1 aromatic heterocycles. The fourth-order valence-electron chi connectivity index (χ4n) is 1.57. The second kappa shape index (κ2) is 6.42. The quantitative estimate of drug-likeness (QED) is 0.647. The molecule has 2 aromatic rings. The highest BCUT2D eigenvalue weighted by Gasteiger charge is 2.13. The molecule has 0 aliphatic rings. The van der Waals surface area contributed by atoms with Crippen LogP contribution in [0.4, 0.5) is 5.69 Å². The van der Waals surface area contributed by atoms with Crippen molar-refractivity contribution in [3.8, 4) is 10.6 Å². The van der Waals surface area contributed by atoms with E-state index in [2.05, 4.69) is 10.3 Å². The summed E-state index contributed by atoms with van der Waals surface area (Å²) in [5, 5.41) is 24.5. The third-order valence-corrected chi connectivity index (χ3v) is 3.51. The maximum Gasteiger partial charge on any atom is 0.270 e. The molecular formula is C13H13N3O4S. The second-order valence-corrected chi connectivity index (χ2v) is 5.26. The molecule has 7 nitrogen and oxygen atoms in total. The molecule has 1 amide bonds. The van der Waals surface area contributed by atoms with Gasteiger partial charge in [-0.3, -0.25) is 14.9 Å². The lowest BCUT2D eigenvalue weighted by molar-refractivity contribution is -0.384. The van der Waals surface area contributed by atoms with Crippen molar-refractivity contribution in [1.82, 2.24) is 10.3 Å². The van der Waals surface area contributed by atoms with Crippen molar-refractivity contribution < 1.29 is 14.8 Å². The molecule has 2 rings (SSSR count). The van der Waals surface area contributed by atoms with E-state index in [1.807, 2.05) is 0 Å². The molecule has 1 atom stereocenters. The number of nitro groups is 1. The van der Waals surface area contributed by atoms with Crippen LogP contribution < -0.4 is 5.32 Å². The van der Waals surface area contributed by atoms with Crippen LogP contribution in [0.15, 0.2) is 29.6 Å². The number of hydrogen-bond donors (Lipinski definition) is 2. The first kappa shape index (κ1) is 15.1. The lowest BCUT2D eigenvalue weighted by Gasteiger charge is -2.04. The van der Waals surface area contributed by atoms with Gasteiger partial charge in [-0.05, 0) is 19.1 Å². The number of aromatic nitrogens is 1. The zero-order chi connectivity index (χ0) is 15.4. The van der Waals surface area contributed by atoms with Crippen LogP contribution in [0.1, 0.15) is 17.4 Å². The summed E-state index contributed by atoms with van der Waals surface area (Å²) in [6.07, 6.45) is -0.623. The third-order valence-electron chi connectivity index (χ3n) is 2.62. The Bertz CT molecular complexity index is 652. The zero-order valence-corrected chi connectivity index (χ0v) is 12.0. The van der Waals surface area contributed by atoms with Gasteiger partial charge < -0.3 is 10.4 Å². The van der Waals surface area contributed by atoms with Crippen molar-refractivity contribution in [3.63, 3.8) is 0 Å². The molecule has 2 N–H and O–H groups in total. The predicted molar refractivity (Wildman–Crippen MR) is 78.2 cm³/mol. The molecule has 0 saturated carbocycles. The molecule has 0 radical (unpaired) electrons. The van der Waals surface area contributed by atoms with E-state index in [-0.39, 0.29) is 23.8 Å². The molecule has 21 heavy (non-hydrogen) atoms. The smallest absolute Gasteiger partial charge is 0.270 e. The Morgan fingerprint density at radius 2 is 2.14 bits per heavy atom. The van der Waals surface area contributed by atoms with E-state index in [9.17, 15) is 14.9 Å². The lowest BCUT2D eigenvalue weighted by atomic mass is 10.2. The van der Waals surface area contributed by atoms with Gasteiger partial charge in [-0.25, -0.2) is 4.98 Å². The third kappa shape index (κ3) is 3.83. The van der Waals surface area contributed by atoms with Gasteiger partial charge in [0.25, 0.3) is 11.6 Å². The van der Waals surface area contributed by atoms with Gasteiger partial charge in [-0.2, -0.15) is 0 Å². The highest BCUT2D eigenvalue weighted by molar-refractivity contribution is 7.13. The standard InChI is InChI=1S/C13H13N3O4S/c1-8(17)6-14-12(18)11-7-21-13(15-11)9-2-4-10(5-3-9)16(19)20/h2-5,7-8,17H,6H2,1H3,(H,14,18). The number of carbonyl (C=O) groups excluding carboxylic acids is 1. The van der Waals surface area contributed by atoms with Crippen molar-refractivity contribution in [3.05, 3.63) is 45.5 Å². The van der Waals surface area contributed by atoms with Crippen molar-refractivity contribution in [2.75, 3.05) is 6.54 Å². The van der Waals surface area contributed by atoms with Crippen molar-refractivity contribution in [1.29, 1.82) is 0 Å². The van der Waals surface area contributed by atoms with E-state index in [0.717, 1.165) is 0 Å². The Morgan fingerprint density at radius 1 is 1.48 bits per heavy atom. The predicted octanol–water partition coefficient (Wildman–Crippen LogP) is 1.83. The van der Waals surface area contributed by atoms with Crippen molar-refractivity contribution in [2.45, 2.75) is 13.0 Å². The molecule has 0 saturated heterocycles. The van der Waals surface area contributed by atoms with Gasteiger partial charge in [-0.1, -0.05) is 0 Å². The van der Waals surface area contributed by atoms with Crippen LogP contribution in [0.3, 0.4) is 0 Å². The Kier molecular flexibility index (Phi) is 4.61. The van der Waals surface area contributed by atoms with Gasteiger partial charge in [0.2, 0.25) is 0 Å². The molecule has 1 heterocycles. The Morgan fingerprint density at radius 3 is 2.71 bits per heavy atom. The monoisotopic (exact) mass is 307 g/mol. The first-order chi connectivity index (χ1) is 9.97. The maximum atomic E-state index is 11.8. The van der Waals surface area contributed by atoms with E-state index in [0.29, 0.717) is 10.6 Å².